The highest BCUT2D eigenvalue weighted by Gasteiger charge is 2.31. The van der Waals surface area contributed by atoms with Gasteiger partial charge in [-0.2, -0.15) is 0 Å². The summed E-state index contributed by atoms with van der Waals surface area (Å²) in [4.78, 5) is 42.4. The Balaban J connectivity index is 1.48. The minimum absolute atomic E-state index is 0.0207. The number of hydrogen-bond donors (Lipinski definition) is 1. The van der Waals surface area contributed by atoms with Crippen LogP contribution in [0.25, 0.3) is 10.8 Å². The van der Waals surface area contributed by atoms with Crippen molar-refractivity contribution in [3.05, 3.63) is 77.4 Å². The normalized spacial score (nSPS) is 13.3. The van der Waals surface area contributed by atoms with Crippen molar-refractivity contribution in [3.8, 4) is 0 Å². The molecule has 4 rings (SSSR count). The van der Waals surface area contributed by atoms with Crippen LogP contribution in [0.1, 0.15) is 47.7 Å². The van der Waals surface area contributed by atoms with E-state index in [4.69, 9.17) is 0 Å². The number of hydrogen-bond acceptors (Lipinski definition) is 3. The van der Waals surface area contributed by atoms with Gasteiger partial charge in [0.1, 0.15) is 6.04 Å². The molecule has 34 heavy (non-hydrogen) atoms. The Morgan fingerprint density at radius 2 is 1.79 bits per heavy atom. The SMILES string of the molecule is CC[C@H](C(=O)NC)N(Cc1cccc(C)c1)C(=O)CCCN1C(=O)c2cccc3cccc1c23. The molecule has 0 fully saturated rings. The van der Waals surface area contributed by atoms with E-state index in [0.29, 0.717) is 31.5 Å². The highest BCUT2D eigenvalue weighted by atomic mass is 16.2. The van der Waals surface area contributed by atoms with E-state index in [-0.39, 0.29) is 24.1 Å². The van der Waals surface area contributed by atoms with Crippen LogP contribution in [0.3, 0.4) is 0 Å². The molecular formula is C28H31N3O3. The van der Waals surface area contributed by atoms with Crippen molar-refractivity contribution >= 4 is 34.2 Å². The highest BCUT2D eigenvalue weighted by Crippen LogP contribution is 2.37. The lowest BCUT2D eigenvalue weighted by molar-refractivity contribution is -0.141. The Bertz CT molecular complexity index is 1230. The van der Waals surface area contributed by atoms with Crippen molar-refractivity contribution in [1.82, 2.24) is 10.2 Å². The van der Waals surface area contributed by atoms with Crippen LogP contribution in [0.5, 0.6) is 0 Å². The summed E-state index contributed by atoms with van der Waals surface area (Å²) < 4.78 is 0. The Labute approximate surface area is 200 Å². The zero-order valence-electron chi connectivity index (χ0n) is 20.0. The van der Waals surface area contributed by atoms with Crippen molar-refractivity contribution in [2.75, 3.05) is 18.5 Å². The molecule has 1 heterocycles. The summed E-state index contributed by atoms with van der Waals surface area (Å²) in [6, 6.07) is 19.1. The average molecular weight is 458 g/mol. The summed E-state index contributed by atoms with van der Waals surface area (Å²) in [5, 5.41) is 4.71. The number of nitrogens with one attached hydrogen (secondary N) is 1. The Kier molecular flexibility index (Phi) is 6.96. The van der Waals surface area contributed by atoms with Crippen molar-refractivity contribution in [1.29, 1.82) is 0 Å². The van der Waals surface area contributed by atoms with E-state index in [1.54, 1.807) is 16.8 Å². The molecule has 0 spiro atoms. The van der Waals surface area contributed by atoms with Gasteiger partial charge in [0.05, 0.1) is 5.69 Å². The monoisotopic (exact) mass is 457 g/mol. The maximum absolute atomic E-state index is 13.4. The van der Waals surface area contributed by atoms with E-state index < -0.39 is 6.04 Å². The first kappa shape index (κ1) is 23.5. The van der Waals surface area contributed by atoms with Gasteiger partial charge < -0.3 is 15.1 Å². The predicted molar refractivity (Wildman–Crippen MR) is 135 cm³/mol. The van der Waals surface area contributed by atoms with Crippen molar-refractivity contribution in [2.24, 2.45) is 0 Å². The first-order valence-corrected chi connectivity index (χ1v) is 11.8. The minimum Gasteiger partial charge on any atom is -0.357 e. The maximum Gasteiger partial charge on any atom is 0.258 e. The summed E-state index contributed by atoms with van der Waals surface area (Å²) in [5.41, 5.74) is 3.72. The second kappa shape index (κ2) is 10.1. The predicted octanol–water partition coefficient (Wildman–Crippen LogP) is 4.44. The third-order valence-corrected chi connectivity index (χ3v) is 6.49. The summed E-state index contributed by atoms with van der Waals surface area (Å²) >= 11 is 0. The molecule has 6 nitrogen and oxygen atoms in total. The van der Waals surface area contributed by atoms with E-state index in [9.17, 15) is 14.4 Å². The summed E-state index contributed by atoms with van der Waals surface area (Å²) in [6.45, 7) is 4.75. The molecule has 3 aromatic rings. The summed E-state index contributed by atoms with van der Waals surface area (Å²) in [7, 11) is 1.59. The van der Waals surface area contributed by atoms with Crippen LogP contribution in [0, 0.1) is 6.92 Å². The molecule has 176 valence electrons. The molecule has 0 saturated carbocycles. The van der Waals surface area contributed by atoms with E-state index in [1.807, 2.05) is 74.5 Å². The minimum atomic E-state index is -0.538. The van der Waals surface area contributed by atoms with Crippen LogP contribution in [-0.4, -0.2) is 42.3 Å². The van der Waals surface area contributed by atoms with E-state index in [1.165, 1.54) is 0 Å². The number of carbonyl (C=O) groups excluding carboxylic acids is 3. The molecule has 1 N–H and O–H groups in total. The van der Waals surface area contributed by atoms with E-state index in [2.05, 4.69) is 5.32 Å². The van der Waals surface area contributed by atoms with Gasteiger partial charge in [-0.3, -0.25) is 14.4 Å². The molecule has 0 unspecified atom stereocenters. The molecule has 3 amide bonds. The standard InChI is InChI=1S/C28H31N3O3/c1-4-23(27(33)29-3)31(18-20-10-5-9-19(2)17-20)25(32)15-8-16-30-24-14-7-12-21-11-6-13-22(26(21)24)28(30)34/h5-7,9-14,17,23H,4,8,15-16,18H2,1-3H3,(H,29,33)/t23-/m1/s1. The quantitative estimate of drug-likeness (QED) is 0.516. The Morgan fingerprint density at radius 1 is 1.06 bits per heavy atom. The molecule has 0 aliphatic carbocycles. The Hall–Kier alpha value is -3.67. The number of rotatable bonds is 9. The molecule has 0 saturated heterocycles. The van der Waals surface area contributed by atoms with Crippen LogP contribution >= 0.6 is 0 Å². The zero-order valence-corrected chi connectivity index (χ0v) is 20.0. The smallest absolute Gasteiger partial charge is 0.258 e. The molecule has 0 aromatic heterocycles. The lowest BCUT2D eigenvalue weighted by Gasteiger charge is -2.30. The van der Waals surface area contributed by atoms with Gasteiger partial charge in [0.2, 0.25) is 11.8 Å². The average Bonchev–Trinajstić information content (AvgIpc) is 3.11. The highest BCUT2D eigenvalue weighted by molar-refractivity contribution is 6.25. The first-order chi connectivity index (χ1) is 16.4. The number of nitrogens with zero attached hydrogens (tertiary/aromatic N) is 2. The first-order valence-electron chi connectivity index (χ1n) is 11.8. The van der Waals surface area contributed by atoms with Gasteiger partial charge in [-0.05, 0) is 42.8 Å². The Morgan fingerprint density at radius 3 is 2.50 bits per heavy atom. The van der Waals surface area contributed by atoms with Crippen molar-refractivity contribution < 1.29 is 14.4 Å². The zero-order chi connectivity index (χ0) is 24.2. The number of aryl methyl sites for hydroxylation is 1. The number of benzene rings is 3. The lowest BCUT2D eigenvalue weighted by Crippen LogP contribution is -2.48. The van der Waals surface area contributed by atoms with Gasteiger partial charge in [-0.15, -0.1) is 0 Å². The molecule has 0 radical (unpaired) electrons. The van der Waals surface area contributed by atoms with Crippen LogP contribution in [0.4, 0.5) is 5.69 Å². The summed E-state index contributed by atoms with van der Waals surface area (Å²) in [6.07, 6.45) is 1.30. The van der Waals surface area contributed by atoms with Crippen LogP contribution in [-0.2, 0) is 16.1 Å². The molecule has 1 aliphatic heterocycles. The largest absolute Gasteiger partial charge is 0.357 e. The van der Waals surface area contributed by atoms with Gasteiger partial charge >= 0.3 is 0 Å². The second-order valence-electron chi connectivity index (χ2n) is 8.79. The number of amides is 3. The van der Waals surface area contributed by atoms with Crippen molar-refractivity contribution in [2.45, 2.75) is 45.7 Å². The third-order valence-electron chi connectivity index (χ3n) is 6.49. The fourth-order valence-electron chi connectivity index (χ4n) is 4.83. The summed E-state index contributed by atoms with van der Waals surface area (Å²) in [5.74, 6) is -0.271. The van der Waals surface area contributed by atoms with Crippen LogP contribution in [0.15, 0.2) is 60.7 Å². The fraction of sp³-hybridized carbons (Fsp3) is 0.321. The van der Waals surface area contributed by atoms with Gasteiger partial charge in [0.25, 0.3) is 5.91 Å². The van der Waals surface area contributed by atoms with Crippen LogP contribution in [0.2, 0.25) is 0 Å². The fourth-order valence-corrected chi connectivity index (χ4v) is 4.83. The molecule has 3 aromatic carbocycles. The third kappa shape index (κ3) is 4.53. The van der Waals surface area contributed by atoms with Gasteiger partial charge in [0, 0.05) is 37.5 Å². The van der Waals surface area contributed by atoms with Crippen molar-refractivity contribution in [3.63, 3.8) is 0 Å². The molecule has 1 aliphatic rings. The maximum atomic E-state index is 13.4. The number of likely N-dealkylation sites (N-methyl/N-ethyl adjacent to an activating group) is 1. The second-order valence-corrected chi connectivity index (χ2v) is 8.79. The van der Waals surface area contributed by atoms with Gasteiger partial charge in [-0.25, -0.2) is 0 Å². The number of anilines is 1. The van der Waals surface area contributed by atoms with Crippen LogP contribution < -0.4 is 10.2 Å². The molecular weight excluding hydrogens is 426 g/mol. The molecule has 0 bridgehead atoms. The topological polar surface area (TPSA) is 69.7 Å². The molecule has 1 atom stereocenters. The van der Waals surface area contributed by atoms with E-state index >= 15 is 0 Å². The van der Waals surface area contributed by atoms with Gasteiger partial charge in [-0.1, -0.05) is 61.0 Å². The lowest BCUT2D eigenvalue weighted by atomic mass is 10.1. The van der Waals surface area contributed by atoms with Gasteiger partial charge in [0.15, 0.2) is 0 Å². The number of carbonyl (C=O) groups is 3. The molecule has 6 heteroatoms. The van der Waals surface area contributed by atoms with E-state index in [0.717, 1.165) is 27.6 Å².